The van der Waals surface area contributed by atoms with Gasteiger partial charge in [-0.25, -0.2) is 4.79 Å². The van der Waals surface area contributed by atoms with Crippen LogP contribution in [0.25, 0.3) is 0 Å². The smallest absolute Gasteiger partial charge is 0.317 e. The highest BCUT2D eigenvalue weighted by Gasteiger charge is 2.30. The number of methoxy groups -OCH3 is 1. The van der Waals surface area contributed by atoms with Gasteiger partial charge in [0.15, 0.2) is 0 Å². The van der Waals surface area contributed by atoms with Gasteiger partial charge in [-0.3, -0.25) is 9.69 Å². The molecule has 0 spiro atoms. The lowest BCUT2D eigenvalue weighted by Crippen LogP contribution is -2.48. The molecule has 7 heteroatoms. The normalized spacial score (nSPS) is 18.9. The van der Waals surface area contributed by atoms with Gasteiger partial charge in [0.05, 0.1) is 13.7 Å². The van der Waals surface area contributed by atoms with E-state index in [1.807, 2.05) is 29.2 Å². The first-order chi connectivity index (χ1) is 12.2. The lowest BCUT2D eigenvalue weighted by Gasteiger charge is -2.35. The van der Waals surface area contributed by atoms with Gasteiger partial charge in [0, 0.05) is 38.8 Å². The molecule has 0 aromatic heterocycles. The Balaban J connectivity index is 1.39. The van der Waals surface area contributed by atoms with E-state index < -0.39 is 0 Å². The van der Waals surface area contributed by atoms with Crippen LogP contribution in [0.4, 0.5) is 4.79 Å². The molecular formula is C18H26N4O3. The van der Waals surface area contributed by atoms with Crippen LogP contribution in [0.3, 0.4) is 0 Å². The van der Waals surface area contributed by atoms with E-state index in [9.17, 15) is 9.59 Å². The summed E-state index contributed by atoms with van der Waals surface area (Å²) >= 11 is 0. The maximum atomic E-state index is 12.2. The molecule has 25 heavy (non-hydrogen) atoms. The molecule has 136 valence electrons. The zero-order chi connectivity index (χ0) is 17.6. The molecule has 0 radical (unpaired) electrons. The van der Waals surface area contributed by atoms with Crippen molar-refractivity contribution in [2.75, 3.05) is 39.8 Å². The largest absolute Gasteiger partial charge is 0.497 e. The monoisotopic (exact) mass is 346 g/mol. The number of urea groups is 1. The van der Waals surface area contributed by atoms with Gasteiger partial charge in [0.1, 0.15) is 5.75 Å². The topological polar surface area (TPSA) is 73.9 Å². The average Bonchev–Trinajstić information content (AvgIpc) is 3.07. The number of nitrogens with zero attached hydrogens (tertiary/aromatic N) is 2. The van der Waals surface area contributed by atoms with E-state index in [1.54, 1.807) is 7.11 Å². The molecule has 3 rings (SSSR count). The van der Waals surface area contributed by atoms with Crippen molar-refractivity contribution in [3.8, 4) is 5.75 Å². The van der Waals surface area contributed by atoms with E-state index in [-0.39, 0.29) is 11.9 Å². The first kappa shape index (κ1) is 17.5. The zero-order valence-electron chi connectivity index (χ0n) is 14.7. The van der Waals surface area contributed by atoms with Gasteiger partial charge in [-0.15, -0.1) is 0 Å². The van der Waals surface area contributed by atoms with Crippen molar-refractivity contribution in [3.63, 3.8) is 0 Å². The molecule has 7 nitrogen and oxygen atoms in total. The average molecular weight is 346 g/mol. The fourth-order valence-electron chi connectivity index (χ4n) is 3.47. The highest BCUT2D eigenvalue weighted by molar-refractivity contribution is 5.78. The molecular weight excluding hydrogens is 320 g/mol. The predicted molar refractivity (Wildman–Crippen MR) is 94.4 cm³/mol. The van der Waals surface area contributed by atoms with Crippen molar-refractivity contribution in [1.29, 1.82) is 0 Å². The van der Waals surface area contributed by atoms with Crippen LogP contribution in [0.15, 0.2) is 24.3 Å². The molecule has 3 amide bonds. The summed E-state index contributed by atoms with van der Waals surface area (Å²) in [7, 11) is 1.63. The Bertz CT molecular complexity index is 614. The Labute approximate surface area is 148 Å². The molecule has 1 aromatic rings. The van der Waals surface area contributed by atoms with Gasteiger partial charge in [-0.1, -0.05) is 12.1 Å². The number of nitrogens with one attached hydrogen (secondary N) is 2. The van der Waals surface area contributed by atoms with E-state index in [0.29, 0.717) is 19.1 Å². The fourth-order valence-corrected chi connectivity index (χ4v) is 3.47. The van der Waals surface area contributed by atoms with Gasteiger partial charge >= 0.3 is 6.03 Å². The minimum Gasteiger partial charge on any atom is -0.497 e. The lowest BCUT2D eigenvalue weighted by molar-refractivity contribution is -0.122. The second-order valence-electron chi connectivity index (χ2n) is 6.56. The third-order valence-corrected chi connectivity index (χ3v) is 4.88. The summed E-state index contributed by atoms with van der Waals surface area (Å²) in [5.74, 6) is 0.819. The van der Waals surface area contributed by atoms with Crippen LogP contribution in [0.1, 0.15) is 18.4 Å². The maximum Gasteiger partial charge on any atom is 0.317 e. The zero-order valence-corrected chi connectivity index (χ0v) is 14.7. The number of amides is 3. The van der Waals surface area contributed by atoms with E-state index in [0.717, 1.165) is 50.3 Å². The summed E-state index contributed by atoms with van der Waals surface area (Å²) in [6.45, 7) is 4.14. The first-order valence-electron chi connectivity index (χ1n) is 8.82. The molecule has 0 saturated carbocycles. The van der Waals surface area contributed by atoms with E-state index in [4.69, 9.17) is 4.74 Å². The number of hydrogen-bond acceptors (Lipinski definition) is 4. The van der Waals surface area contributed by atoms with Gasteiger partial charge in [-0.05, 0) is 30.5 Å². The molecule has 0 aliphatic carbocycles. The van der Waals surface area contributed by atoms with E-state index >= 15 is 0 Å². The molecule has 0 bridgehead atoms. The van der Waals surface area contributed by atoms with Crippen LogP contribution in [0.5, 0.6) is 5.75 Å². The summed E-state index contributed by atoms with van der Waals surface area (Å²) < 4.78 is 5.19. The highest BCUT2D eigenvalue weighted by Crippen LogP contribution is 2.18. The van der Waals surface area contributed by atoms with Crippen LogP contribution >= 0.6 is 0 Å². The molecule has 2 aliphatic rings. The number of hydrogen-bond donors (Lipinski definition) is 2. The van der Waals surface area contributed by atoms with Crippen molar-refractivity contribution in [1.82, 2.24) is 20.4 Å². The van der Waals surface area contributed by atoms with Crippen LogP contribution in [-0.4, -0.2) is 67.6 Å². The second kappa shape index (κ2) is 8.20. The predicted octanol–water partition coefficient (Wildman–Crippen LogP) is 0.801. The quantitative estimate of drug-likeness (QED) is 0.799. The SMILES string of the molecule is COc1cccc(CNC(=O)CN2CCC(N3CCNC3=O)CC2)c1. The summed E-state index contributed by atoms with van der Waals surface area (Å²) in [6.07, 6.45) is 1.85. The van der Waals surface area contributed by atoms with Gasteiger partial charge in [-0.2, -0.15) is 0 Å². The molecule has 2 saturated heterocycles. The van der Waals surface area contributed by atoms with Crippen molar-refractivity contribution < 1.29 is 14.3 Å². The van der Waals surface area contributed by atoms with Gasteiger partial charge in [0.25, 0.3) is 0 Å². The Morgan fingerprint density at radius 1 is 1.32 bits per heavy atom. The number of benzene rings is 1. The Morgan fingerprint density at radius 3 is 2.80 bits per heavy atom. The summed E-state index contributed by atoms with van der Waals surface area (Å²) in [5.41, 5.74) is 1.02. The number of rotatable bonds is 6. The standard InChI is InChI=1S/C18H26N4O3/c1-25-16-4-2-3-14(11-16)12-20-17(23)13-21-8-5-15(6-9-21)22-10-7-19-18(22)24/h2-4,11,15H,5-10,12-13H2,1H3,(H,19,24)(H,20,23). The molecule has 2 heterocycles. The lowest BCUT2D eigenvalue weighted by atomic mass is 10.0. The van der Waals surface area contributed by atoms with Crippen molar-refractivity contribution in [2.24, 2.45) is 0 Å². The van der Waals surface area contributed by atoms with Crippen LogP contribution < -0.4 is 15.4 Å². The Hall–Kier alpha value is -2.28. The van der Waals surface area contributed by atoms with Gasteiger partial charge < -0.3 is 20.3 Å². The Morgan fingerprint density at radius 2 is 2.12 bits per heavy atom. The number of ether oxygens (including phenoxy) is 1. The van der Waals surface area contributed by atoms with Crippen molar-refractivity contribution in [3.05, 3.63) is 29.8 Å². The summed E-state index contributed by atoms with van der Waals surface area (Å²) in [5, 5.41) is 5.81. The van der Waals surface area contributed by atoms with Crippen LogP contribution in [0, 0.1) is 0 Å². The second-order valence-corrected chi connectivity index (χ2v) is 6.56. The number of carbonyl (C=O) groups is 2. The summed E-state index contributed by atoms with van der Waals surface area (Å²) in [4.78, 5) is 28.0. The maximum absolute atomic E-state index is 12.2. The van der Waals surface area contributed by atoms with E-state index in [2.05, 4.69) is 15.5 Å². The van der Waals surface area contributed by atoms with Gasteiger partial charge in [0.2, 0.25) is 5.91 Å². The summed E-state index contributed by atoms with van der Waals surface area (Å²) in [6, 6.07) is 8.05. The van der Waals surface area contributed by atoms with Crippen molar-refractivity contribution in [2.45, 2.75) is 25.4 Å². The number of piperidine rings is 1. The van der Waals surface area contributed by atoms with Crippen molar-refractivity contribution >= 4 is 11.9 Å². The number of likely N-dealkylation sites (tertiary alicyclic amines) is 1. The first-order valence-corrected chi connectivity index (χ1v) is 8.82. The van der Waals surface area contributed by atoms with Crippen LogP contribution in [0.2, 0.25) is 0 Å². The fraction of sp³-hybridized carbons (Fsp3) is 0.556. The minimum absolute atomic E-state index is 0.0279. The molecule has 2 aliphatic heterocycles. The molecule has 1 aromatic carbocycles. The molecule has 2 N–H and O–H groups in total. The highest BCUT2D eigenvalue weighted by atomic mass is 16.5. The minimum atomic E-state index is 0.0279. The molecule has 2 fully saturated rings. The number of carbonyl (C=O) groups excluding carboxylic acids is 2. The Kier molecular flexibility index (Phi) is 5.75. The molecule has 0 unspecified atom stereocenters. The third kappa shape index (κ3) is 4.63. The molecule has 0 atom stereocenters. The van der Waals surface area contributed by atoms with Crippen LogP contribution in [-0.2, 0) is 11.3 Å². The third-order valence-electron chi connectivity index (χ3n) is 4.88. The van der Waals surface area contributed by atoms with E-state index in [1.165, 1.54) is 0 Å².